The zero-order chi connectivity index (χ0) is 19.6. The number of hydrogen-bond donors (Lipinski definition) is 2. The second-order valence-corrected chi connectivity index (χ2v) is 10.0. The van der Waals surface area contributed by atoms with E-state index in [4.69, 9.17) is 5.73 Å². The summed E-state index contributed by atoms with van der Waals surface area (Å²) in [7, 11) is 0. The number of amides is 1. The zero-order valence-electron chi connectivity index (χ0n) is 16.7. The largest absolute Gasteiger partial charge is 0.384 e. The third-order valence-corrected chi connectivity index (χ3v) is 7.61. The van der Waals surface area contributed by atoms with Gasteiger partial charge in [0.2, 0.25) is 0 Å². The van der Waals surface area contributed by atoms with Gasteiger partial charge in [-0.15, -0.1) is 0 Å². The topological polar surface area (TPSA) is 98.7 Å². The minimum atomic E-state index is -0.00204. The average molecular weight is 393 g/mol. The molecule has 2 aromatic rings. The van der Waals surface area contributed by atoms with E-state index < -0.39 is 0 Å². The van der Waals surface area contributed by atoms with Crippen LogP contribution in [-0.2, 0) is 0 Å². The van der Waals surface area contributed by atoms with Crippen molar-refractivity contribution in [3.05, 3.63) is 29.7 Å². The molecule has 7 rings (SSSR count). The van der Waals surface area contributed by atoms with Crippen molar-refractivity contribution >= 4 is 11.7 Å². The van der Waals surface area contributed by atoms with Crippen molar-refractivity contribution in [2.24, 2.45) is 23.2 Å². The molecule has 152 valence electrons. The maximum absolute atomic E-state index is 13.2. The summed E-state index contributed by atoms with van der Waals surface area (Å²) in [4.78, 5) is 21.7. The fraction of sp³-hybridized carbons (Fsp3) is 0.636. The van der Waals surface area contributed by atoms with Gasteiger partial charge in [-0.25, -0.2) is 9.67 Å². The van der Waals surface area contributed by atoms with Gasteiger partial charge in [0, 0.05) is 24.9 Å². The fourth-order valence-corrected chi connectivity index (χ4v) is 6.66. The van der Waals surface area contributed by atoms with E-state index in [-0.39, 0.29) is 5.91 Å². The summed E-state index contributed by atoms with van der Waals surface area (Å²) in [6.07, 6.45) is 13.7. The first kappa shape index (κ1) is 17.4. The van der Waals surface area contributed by atoms with Crippen molar-refractivity contribution in [2.45, 2.75) is 57.3 Å². The molecule has 0 saturated heterocycles. The molecule has 2 heterocycles. The third kappa shape index (κ3) is 3.11. The molecular formula is C22H28N6O. The van der Waals surface area contributed by atoms with Gasteiger partial charge in [0.1, 0.15) is 5.82 Å². The SMILES string of the molecule is Nc1ccnc(-n2cc(C(=O)NCC34CC5CC(CC(C5)C3)C4)c(C3CC3)n2)n1. The highest BCUT2D eigenvalue weighted by molar-refractivity contribution is 5.95. The number of carbonyl (C=O) groups excluding carboxylic acids is 1. The molecule has 5 fully saturated rings. The Balaban J connectivity index is 1.23. The highest BCUT2D eigenvalue weighted by Crippen LogP contribution is 2.59. The second kappa shape index (κ2) is 6.28. The summed E-state index contributed by atoms with van der Waals surface area (Å²) in [5.41, 5.74) is 7.67. The van der Waals surface area contributed by atoms with Crippen LogP contribution in [0, 0.1) is 23.2 Å². The molecule has 5 aliphatic carbocycles. The molecule has 0 aromatic carbocycles. The number of carbonyl (C=O) groups is 1. The number of anilines is 1. The molecule has 0 aliphatic heterocycles. The number of nitrogens with zero attached hydrogens (tertiary/aromatic N) is 4. The number of nitrogens with two attached hydrogens (primary N) is 1. The lowest BCUT2D eigenvalue weighted by atomic mass is 9.49. The molecule has 3 N–H and O–H groups in total. The van der Waals surface area contributed by atoms with Crippen molar-refractivity contribution < 1.29 is 4.79 Å². The van der Waals surface area contributed by atoms with E-state index in [1.807, 2.05) is 0 Å². The van der Waals surface area contributed by atoms with Crippen molar-refractivity contribution in [3.63, 3.8) is 0 Å². The highest BCUT2D eigenvalue weighted by atomic mass is 16.1. The van der Waals surface area contributed by atoms with E-state index in [0.29, 0.717) is 28.7 Å². The average Bonchev–Trinajstić information content (AvgIpc) is 3.43. The number of hydrogen-bond acceptors (Lipinski definition) is 5. The first-order valence-corrected chi connectivity index (χ1v) is 11.0. The fourth-order valence-electron chi connectivity index (χ4n) is 6.66. The predicted octanol–water partition coefficient (Wildman–Crippen LogP) is 3.07. The van der Waals surface area contributed by atoms with E-state index in [1.165, 1.54) is 38.5 Å². The Morgan fingerprint density at radius 1 is 1.17 bits per heavy atom. The van der Waals surface area contributed by atoms with E-state index in [9.17, 15) is 4.79 Å². The van der Waals surface area contributed by atoms with Crippen LogP contribution >= 0.6 is 0 Å². The molecule has 1 amide bonds. The maximum Gasteiger partial charge on any atom is 0.254 e. The lowest BCUT2D eigenvalue weighted by Crippen LogP contribution is -2.51. The molecule has 4 bridgehead atoms. The summed E-state index contributed by atoms with van der Waals surface area (Å²) in [5.74, 6) is 3.85. The summed E-state index contributed by atoms with van der Waals surface area (Å²) in [6, 6.07) is 1.65. The maximum atomic E-state index is 13.2. The number of nitrogen functional groups attached to an aromatic ring is 1. The van der Waals surface area contributed by atoms with Crippen LogP contribution in [0.4, 0.5) is 5.82 Å². The predicted molar refractivity (Wildman–Crippen MR) is 108 cm³/mol. The quantitative estimate of drug-likeness (QED) is 0.815. The summed E-state index contributed by atoms with van der Waals surface area (Å²) in [5, 5.41) is 7.95. The second-order valence-electron chi connectivity index (χ2n) is 10.0. The van der Waals surface area contributed by atoms with Crippen LogP contribution in [0.2, 0.25) is 0 Å². The van der Waals surface area contributed by atoms with Crippen molar-refractivity contribution in [2.75, 3.05) is 12.3 Å². The van der Waals surface area contributed by atoms with Crippen molar-refractivity contribution in [3.8, 4) is 5.95 Å². The lowest BCUT2D eigenvalue weighted by Gasteiger charge is -2.56. The Hall–Kier alpha value is -2.44. The Bertz CT molecular complexity index is 927. The minimum absolute atomic E-state index is 0.00204. The Kier molecular flexibility index (Phi) is 3.77. The number of nitrogens with one attached hydrogen (secondary N) is 1. The van der Waals surface area contributed by atoms with Gasteiger partial charge in [-0.3, -0.25) is 4.79 Å². The van der Waals surface area contributed by atoms with Gasteiger partial charge < -0.3 is 11.1 Å². The molecular weight excluding hydrogens is 364 g/mol. The van der Waals surface area contributed by atoms with Crippen molar-refractivity contribution in [1.29, 1.82) is 0 Å². The normalized spacial score (nSPS) is 32.5. The van der Waals surface area contributed by atoms with Crippen LogP contribution < -0.4 is 11.1 Å². The molecule has 5 saturated carbocycles. The van der Waals surface area contributed by atoms with E-state index >= 15 is 0 Å². The Labute approximate surface area is 170 Å². The lowest BCUT2D eigenvalue weighted by molar-refractivity contribution is -0.0503. The van der Waals surface area contributed by atoms with Gasteiger partial charge in [-0.2, -0.15) is 10.1 Å². The molecule has 0 spiro atoms. The molecule has 0 atom stereocenters. The summed E-state index contributed by atoms with van der Waals surface area (Å²) >= 11 is 0. The molecule has 7 nitrogen and oxygen atoms in total. The molecule has 0 radical (unpaired) electrons. The van der Waals surface area contributed by atoms with E-state index in [2.05, 4.69) is 20.4 Å². The summed E-state index contributed by atoms with van der Waals surface area (Å²) in [6.45, 7) is 0.805. The molecule has 0 unspecified atom stereocenters. The smallest absolute Gasteiger partial charge is 0.254 e. The van der Waals surface area contributed by atoms with Crippen molar-refractivity contribution in [1.82, 2.24) is 25.1 Å². The van der Waals surface area contributed by atoms with Crippen LogP contribution in [0.15, 0.2) is 18.5 Å². The van der Waals surface area contributed by atoms with Crippen LogP contribution in [0.3, 0.4) is 0 Å². The highest BCUT2D eigenvalue weighted by Gasteiger charge is 2.50. The molecule has 29 heavy (non-hydrogen) atoms. The van der Waals surface area contributed by atoms with Gasteiger partial charge in [-0.1, -0.05) is 0 Å². The van der Waals surface area contributed by atoms with Crippen LogP contribution in [0.25, 0.3) is 5.95 Å². The molecule has 7 heteroatoms. The van der Waals surface area contributed by atoms with Gasteiger partial charge in [0.05, 0.1) is 11.3 Å². The molecule has 2 aromatic heterocycles. The van der Waals surface area contributed by atoms with Gasteiger partial charge in [-0.05, 0) is 80.6 Å². The minimum Gasteiger partial charge on any atom is -0.384 e. The van der Waals surface area contributed by atoms with Crippen LogP contribution in [0.1, 0.15) is 73.3 Å². The zero-order valence-corrected chi connectivity index (χ0v) is 16.7. The third-order valence-electron chi connectivity index (χ3n) is 7.61. The van der Waals surface area contributed by atoms with Crippen LogP contribution in [0.5, 0.6) is 0 Å². The number of rotatable bonds is 5. The van der Waals surface area contributed by atoms with Crippen LogP contribution in [-0.4, -0.2) is 32.2 Å². The van der Waals surface area contributed by atoms with E-state index in [0.717, 1.165) is 42.8 Å². The van der Waals surface area contributed by atoms with Gasteiger partial charge in [0.25, 0.3) is 11.9 Å². The summed E-state index contributed by atoms with van der Waals surface area (Å²) < 4.78 is 1.60. The first-order valence-electron chi connectivity index (χ1n) is 11.0. The van der Waals surface area contributed by atoms with E-state index in [1.54, 1.807) is 23.1 Å². The molecule has 5 aliphatic rings. The van der Waals surface area contributed by atoms with Gasteiger partial charge in [0.15, 0.2) is 0 Å². The standard InChI is InChI=1S/C22H28N6O/c23-18-3-4-24-21(26-18)28-11-17(19(27-28)16-1-2-16)20(29)25-12-22-8-13-5-14(9-22)7-15(6-13)10-22/h3-4,11,13-16H,1-2,5-10,12H2,(H,25,29)(H2,23,24,26). The number of aromatic nitrogens is 4. The Morgan fingerprint density at radius 2 is 1.86 bits per heavy atom. The van der Waals surface area contributed by atoms with Gasteiger partial charge >= 0.3 is 0 Å². The monoisotopic (exact) mass is 392 g/mol. The Morgan fingerprint density at radius 3 is 2.48 bits per heavy atom. The first-order chi connectivity index (χ1) is 14.1.